The molecule has 3 nitrogen and oxygen atoms in total. The zero-order valence-electron chi connectivity index (χ0n) is 6.83. The lowest BCUT2D eigenvalue weighted by molar-refractivity contribution is -0.0533. The van der Waals surface area contributed by atoms with Gasteiger partial charge in [-0.25, -0.2) is 4.98 Å². The first-order valence-corrected chi connectivity index (χ1v) is 3.50. The van der Waals surface area contributed by atoms with Crippen LogP contribution in [0.3, 0.4) is 0 Å². The van der Waals surface area contributed by atoms with Gasteiger partial charge in [-0.2, -0.15) is 8.78 Å². The predicted molar refractivity (Wildman–Crippen MR) is 41.0 cm³/mol. The van der Waals surface area contributed by atoms with E-state index in [1.54, 1.807) is 0 Å². The number of ether oxygens (including phenoxy) is 1. The van der Waals surface area contributed by atoms with Crippen LogP contribution in [0.1, 0.15) is 15.9 Å². The summed E-state index contributed by atoms with van der Waals surface area (Å²) in [5.74, 6) is -0.152. The number of aromatic nitrogens is 1. The van der Waals surface area contributed by atoms with Gasteiger partial charge in [-0.3, -0.25) is 4.79 Å². The molecule has 0 N–H and O–H groups in total. The molecule has 0 atom stereocenters. The first-order valence-electron chi connectivity index (χ1n) is 3.50. The van der Waals surface area contributed by atoms with Crippen LogP contribution in [-0.4, -0.2) is 17.9 Å². The highest BCUT2D eigenvalue weighted by Crippen LogP contribution is 2.16. The number of hydrogen-bond acceptors (Lipinski definition) is 3. The lowest BCUT2D eigenvalue weighted by atomic mass is 10.2. The zero-order chi connectivity index (χ0) is 9.84. The number of aldehydes is 1. The lowest BCUT2D eigenvalue weighted by Crippen LogP contribution is -2.05. The second kappa shape index (κ2) is 3.93. The molecule has 0 aliphatic heterocycles. The summed E-state index contributed by atoms with van der Waals surface area (Å²) < 4.78 is 27.6. The lowest BCUT2D eigenvalue weighted by Gasteiger charge is -2.05. The second-order valence-corrected chi connectivity index (χ2v) is 2.39. The van der Waals surface area contributed by atoms with Crippen LogP contribution in [0.25, 0.3) is 0 Å². The van der Waals surface area contributed by atoms with Gasteiger partial charge in [-0.05, 0) is 13.0 Å². The van der Waals surface area contributed by atoms with Crippen molar-refractivity contribution in [3.05, 3.63) is 23.4 Å². The molecular weight excluding hydrogens is 180 g/mol. The zero-order valence-corrected chi connectivity index (χ0v) is 6.83. The van der Waals surface area contributed by atoms with Gasteiger partial charge in [0.25, 0.3) is 0 Å². The molecule has 1 heterocycles. The molecule has 13 heavy (non-hydrogen) atoms. The molecule has 0 aliphatic carbocycles. The van der Waals surface area contributed by atoms with Crippen LogP contribution in [0.2, 0.25) is 0 Å². The molecule has 0 fully saturated rings. The number of pyridine rings is 1. The summed E-state index contributed by atoms with van der Waals surface area (Å²) in [4.78, 5) is 13.8. The Balaban J connectivity index is 2.91. The van der Waals surface area contributed by atoms with Gasteiger partial charge in [-0.15, -0.1) is 0 Å². The number of rotatable bonds is 3. The molecule has 0 saturated carbocycles. The summed E-state index contributed by atoms with van der Waals surface area (Å²) in [5.41, 5.74) is 0.740. The van der Waals surface area contributed by atoms with Crippen LogP contribution in [-0.2, 0) is 0 Å². The number of alkyl halides is 2. The molecule has 0 aromatic carbocycles. The number of nitrogens with zero attached hydrogens (tertiary/aromatic N) is 1. The van der Waals surface area contributed by atoms with E-state index in [0.29, 0.717) is 17.4 Å². The van der Waals surface area contributed by atoms with Crippen LogP contribution < -0.4 is 4.74 Å². The highest BCUT2D eigenvalue weighted by molar-refractivity contribution is 5.74. The summed E-state index contributed by atoms with van der Waals surface area (Å²) in [6.45, 7) is -1.36. The molecule has 70 valence electrons. The van der Waals surface area contributed by atoms with Crippen molar-refractivity contribution in [1.82, 2.24) is 4.98 Å². The van der Waals surface area contributed by atoms with Crippen molar-refractivity contribution >= 4 is 6.29 Å². The minimum Gasteiger partial charge on any atom is -0.417 e. The molecule has 0 radical (unpaired) electrons. The predicted octanol–water partition coefficient (Wildman–Crippen LogP) is 1.80. The van der Waals surface area contributed by atoms with Gasteiger partial charge < -0.3 is 4.74 Å². The molecule has 0 amide bonds. The third kappa shape index (κ3) is 2.47. The molecule has 0 saturated heterocycles. The maximum atomic E-state index is 11.8. The Morgan fingerprint density at radius 3 is 2.77 bits per heavy atom. The molecule has 1 rings (SSSR count). The van der Waals surface area contributed by atoms with Crippen LogP contribution in [0.4, 0.5) is 8.78 Å². The van der Waals surface area contributed by atoms with E-state index in [-0.39, 0.29) is 5.88 Å². The van der Waals surface area contributed by atoms with Gasteiger partial charge in [0.1, 0.15) is 0 Å². The Morgan fingerprint density at radius 2 is 2.31 bits per heavy atom. The minimum absolute atomic E-state index is 0.152. The average Bonchev–Trinajstić information content (AvgIpc) is 2.08. The fraction of sp³-hybridized carbons (Fsp3) is 0.250. The Morgan fingerprint density at radius 1 is 1.62 bits per heavy atom. The van der Waals surface area contributed by atoms with Crippen molar-refractivity contribution in [3.8, 4) is 5.88 Å². The van der Waals surface area contributed by atoms with Gasteiger partial charge in [0.15, 0.2) is 6.29 Å². The molecule has 1 aromatic rings. The smallest absolute Gasteiger partial charge is 0.388 e. The number of hydrogen-bond donors (Lipinski definition) is 0. The van der Waals surface area contributed by atoms with Crippen molar-refractivity contribution in [1.29, 1.82) is 0 Å². The molecule has 0 aliphatic rings. The maximum Gasteiger partial charge on any atom is 0.388 e. The topological polar surface area (TPSA) is 39.2 Å². The van der Waals surface area contributed by atoms with Crippen LogP contribution in [0, 0.1) is 6.92 Å². The van der Waals surface area contributed by atoms with E-state index in [4.69, 9.17) is 0 Å². The summed E-state index contributed by atoms with van der Waals surface area (Å²) >= 11 is 0. The summed E-state index contributed by atoms with van der Waals surface area (Å²) in [7, 11) is 0. The van der Waals surface area contributed by atoms with E-state index in [1.165, 1.54) is 19.2 Å². The quantitative estimate of drug-likeness (QED) is 0.677. The van der Waals surface area contributed by atoms with Crippen molar-refractivity contribution < 1.29 is 18.3 Å². The van der Waals surface area contributed by atoms with E-state index in [9.17, 15) is 13.6 Å². The largest absolute Gasteiger partial charge is 0.417 e. The van der Waals surface area contributed by atoms with Crippen molar-refractivity contribution in [3.63, 3.8) is 0 Å². The molecule has 1 aromatic heterocycles. The van der Waals surface area contributed by atoms with Crippen LogP contribution in [0.5, 0.6) is 5.88 Å². The highest BCUT2D eigenvalue weighted by atomic mass is 19.3. The third-order valence-electron chi connectivity index (χ3n) is 1.39. The Labute approximate surface area is 73.4 Å². The van der Waals surface area contributed by atoms with Crippen molar-refractivity contribution in [2.75, 3.05) is 0 Å². The van der Waals surface area contributed by atoms with E-state index in [2.05, 4.69) is 9.72 Å². The second-order valence-electron chi connectivity index (χ2n) is 2.39. The average molecular weight is 187 g/mol. The van der Waals surface area contributed by atoms with Crippen molar-refractivity contribution in [2.24, 2.45) is 0 Å². The number of carbonyl (C=O) groups excluding carboxylic acids is 1. The van der Waals surface area contributed by atoms with Crippen LogP contribution >= 0.6 is 0 Å². The van der Waals surface area contributed by atoms with Gasteiger partial charge in [-0.1, -0.05) is 0 Å². The molecule has 0 bridgehead atoms. The monoisotopic (exact) mass is 187 g/mol. The molecular formula is C8H7F2NO2. The number of carbonyl (C=O) groups is 1. The first-order chi connectivity index (χ1) is 6.13. The van der Waals surface area contributed by atoms with Gasteiger partial charge in [0, 0.05) is 17.3 Å². The molecule has 0 spiro atoms. The summed E-state index contributed by atoms with van der Waals surface area (Å²) in [6, 6.07) is 1.43. The van der Waals surface area contributed by atoms with E-state index >= 15 is 0 Å². The maximum absolute atomic E-state index is 11.8. The first kappa shape index (κ1) is 9.57. The Kier molecular flexibility index (Phi) is 2.89. The third-order valence-corrected chi connectivity index (χ3v) is 1.39. The van der Waals surface area contributed by atoms with Gasteiger partial charge in [0.05, 0.1) is 0 Å². The van der Waals surface area contributed by atoms with E-state index in [0.717, 1.165) is 0 Å². The van der Waals surface area contributed by atoms with Crippen molar-refractivity contribution in [2.45, 2.75) is 13.5 Å². The Hall–Kier alpha value is -1.52. The highest BCUT2D eigenvalue weighted by Gasteiger charge is 2.08. The van der Waals surface area contributed by atoms with E-state index in [1.807, 2.05) is 0 Å². The fourth-order valence-corrected chi connectivity index (χ4v) is 0.856. The normalized spacial score (nSPS) is 10.2. The summed E-state index contributed by atoms with van der Waals surface area (Å²) in [5, 5.41) is 0. The van der Waals surface area contributed by atoms with Crippen LogP contribution in [0.15, 0.2) is 12.3 Å². The summed E-state index contributed by atoms with van der Waals surface area (Å²) in [6.07, 6.45) is 1.77. The van der Waals surface area contributed by atoms with Gasteiger partial charge in [0.2, 0.25) is 5.88 Å². The molecule has 5 heteroatoms. The standard InChI is InChI=1S/C8H7F2NO2/c1-5-2-6(4-12)3-11-7(5)13-8(9)10/h2-4,8H,1H3. The molecule has 0 unspecified atom stereocenters. The SMILES string of the molecule is Cc1cc(C=O)cnc1OC(F)F. The number of halogens is 2. The Bertz CT molecular complexity index is 315. The number of aryl methyl sites for hydroxylation is 1. The van der Waals surface area contributed by atoms with Gasteiger partial charge >= 0.3 is 6.61 Å². The fourth-order valence-electron chi connectivity index (χ4n) is 0.856. The van der Waals surface area contributed by atoms with E-state index < -0.39 is 6.61 Å². The minimum atomic E-state index is -2.90.